The van der Waals surface area contributed by atoms with Gasteiger partial charge in [-0.3, -0.25) is 9.36 Å². The maximum absolute atomic E-state index is 10.5. The number of halogens is 5. The molecule has 0 fully saturated rings. The lowest BCUT2D eigenvalue weighted by atomic mass is 10.5. The Labute approximate surface area is 153 Å². The van der Waals surface area contributed by atoms with Crippen LogP contribution in [0.25, 0.3) is 0 Å². The Kier molecular flexibility index (Phi) is 9.60. The minimum Gasteiger partial charge on any atom is -0.492 e. The average molecular weight is 444 g/mol. The van der Waals surface area contributed by atoms with E-state index >= 15 is 0 Å². The van der Waals surface area contributed by atoms with Crippen LogP contribution in [-0.4, -0.2) is 25.0 Å². The second-order valence-electron chi connectivity index (χ2n) is 3.24. The zero-order valence-electron chi connectivity index (χ0n) is 10.8. The van der Waals surface area contributed by atoms with Crippen molar-refractivity contribution >= 4 is 73.5 Å². The van der Waals surface area contributed by atoms with E-state index in [-0.39, 0.29) is 21.7 Å². The van der Waals surface area contributed by atoms with Gasteiger partial charge >= 0.3 is 5.20 Å². The molecule has 15 heteroatoms. The largest absolute Gasteiger partial charge is 0.492 e. The second-order valence-corrected chi connectivity index (χ2v) is 10.6. The van der Waals surface area contributed by atoms with Crippen molar-refractivity contribution in [3.05, 3.63) is 33.3 Å². The lowest BCUT2D eigenvalue weighted by Crippen LogP contribution is -2.11. The zero-order valence-corrected chi connectivity index (χ0v) is 15.4. The van der Waals surface area contributed by atoms with Crippen molar-refractivity contribution in [3.8, 4) is 5.88 Å². The van der Waals surface area contributed by atoms with Crippen molar-refractivity contribution in [2.75, 3.05) is 11.5 Å². The van der Waals surface area contributed by atoms with Gasteiger partial charge in [0.1, 0.15) is 12.0 Å². The molecule has 0 spiro atoms. The second kappa shape index (κ2) is 10.0. The van der Waals surface area contributed by atoms with Crippen molar-refractivity contribution in [3.63, 3.8) is 0 Å². The zero-order chi connectivity index (χ0) is 18.2. The fraction of sp³-hybridized carbons (Fsp3) is 0. The molecule has 0 bridgehead atoms. The standard InChI is InChI=1S/C4H3Cl2N3.C4H5N3O2.Cl3OP/c5-3-2(7)4(6)9-1-8-3;5-2-3(8)6-1-7-4(2)9;1-5(2,3)4/h1H,7H2;1H,5H2,(H2,6,7,8,9);. The third kappa shape index (κ3) is 10.4. The predicted octanol–water partition coefficient (Wildman–Crippen LogP) is 3.23. The lowest BCUT2D eigenvalue weighted by molar-refractivity contribution is 0.454. The average Bonchev–Trinajstić information content (AvgIpc) is 2.41. The fourth-order valence-electron chi connectivity index (χ4n) is 0.755. The van der Waals surface area contributed by atoms with Gasteiger partial charge in [-0.25, -0.2) is 15.0 Å². The molecule has 23 heavy (non-hydrogen) atoms. The van der Waals surface area contributed by atoms with Crippen molar-refractivity contribution in [1.29, 1.82) is 0 Å². The monoisotopic (exact) mass is 442 g/mol. The number of nitrogen functional groups attached to an aromatic ring is 2. The van der Waals surface area contributed by atoms with Gasteiger partial charge in [-0.2, -0.15) is 0 Å². The van der Waals surface area contributed by atoms with Gasteiger partial charge in [-0.05, 0) is 33.7 Å². The van der Waals surface area contributed by atoms with E-state index in [1.807, 2.05) is 0 Å². The van der Waals surface area contributed by atoms with Crippen LogP contribution in [0.15, 0.2) is 17.4 Å². The molecule has 2 heterocycles. The summed E-state index contributed by atoms with van der Waals surface area (Å²) < 4.78 is 9.51. The quantitative estimate of drug-likeness (QED) is 0.356. The summed E-state index contributed by atoms with van der Waals surface area (Å²) >= 11 is 24.8. The SMILES string of the molecule is Nc1c(Cl)ncnc1Cl.Nc1c(O)nc[nH]c1=O.O=P(Cl)(Cl)Cl. The predicted molar refractivity (Wildman–Crippen MR) is 92.6 cm³/mol. The van der Waals surface area contributed by atoms with E-state index < -0.39 is 16.6 Å². The molecule has 0 aliphatic heterocycles. The third-order valence-corrected chi connectivity index (χ3v) is 2.26. The highest BCUT2D eigenvalue weighted by Crippen LogP contribution is 2.61. The molecule has 0 saturated heterocycles. The first-order valence-electron chi connectivity index (χ1n) is 5.06. The molecule has 0 saturated carbocycles. The Balaban J connectivity index is 0.000000332. The van der Waals surface area contributed by atoms with Crippen LogP contribution in [0.4, 0.5) is 11.4 Å². The highest BCUT2D eigenvalue weighted by atomic mass is 36.0. The highest BCUT2D eigenvalue weighted by molar-refractivity contribution is 8.24. The van der Waals surface area contributed by atoms with Crippen molar-refractivity contribution < 1.29 is 9.67 Å². The number of aromatic amines is 1. The fourth-order valence-corrected chi connectivity index (χ4v) is 1.07. The Hall–Kier alpha value is -0.960. The molecule has 2 aromatic heterocycles. The maximum Gasteiger partial charge on any atom is 0.339 e. The summed E-state index contributed by atoms with van der Waals surface area (Å²) in [5, 5.41) is 5.80. The summed E-state index contributed by atoms with van der Waals surface area (Å²) in [5.41, 5.74) is 9.76. The molecule has 0 atom stereocenters. The van der Waals surface area contributed by atoms with Gasteiger partial charge in [0, 0.05) is 0 Å². The van der Waals surface area contributed by atoms with Gasteiger partial charge in [0.05, 0.1) is 6.33 Å². The summed E-state index contributed by atoms with van der Waals surface area (Å²) in [6.45, 7) is 0. The molecule has 0 unspecified atom stereocenters. The first-order valence-corrected chi connectivity index (χ1v) is 10.2. The normalized spacial score (nSPS) is 9.96. The molecular weight excluding hydrogens is 436 g/mol. The number of anilines is 2. The minimum atomic E-state index is -3.22. The first-order chi connectivity index (χ1) is 10.4. The number of nitrogens with zero attached hydrogens (tertiary/aromatic N) is 3. The molecule has 6 N–H and O–H groups in total. The summed E-state index contributed by atoms with van der Waals surface area (Å²) in [6, 6.07) is 0. The van der Waals surface area contributed by atoms with E-state index in [9.17, 15) is 9.36 Å². The van der Waals surface area contributed by atoms with E-state index in [1.54, 1.807) is 0 Å². The van der Waals surface area contributed by atoms with Gasteiger partial charge in [0.2, 0.25) is 5.88 Å². The smallest absolute Gasteiger partial charge is 0.339 e. The number of hydrogen-bond acceptors (Lipinski definition) is 8. The third-order valence-electron chi connectivity index (χ3n) is 1.65. The van der Waals surface area contributed by atoms with Crippen LogP contribution in [0.3, 0.4) is 0 Å². The van der Waals surface area contributed by atoms with Crippen molar-refractivity contribution in [1.82, 2.24) is 19.9 Å². The van der Waals surface area contributed by atoms with Gasteiger partial charge in [0.25, 0.3) is 5.56 Å². The molecule has 0 radical (unpaired) electrons. The molecule has 2 aromatic rings. The van der Waals surface area contributed by atoms with E-state index in [1.165, 1.54) is 6.33 Å². The maximum atomic E-state index is 10.5. The van der Waals surface area contributed by atoms with Crippen LogP contribution in [-0.2, 0) is 4.57 Å². The molecule has 9 nitrogen and oxygen atoms in total. The molecule has 0 aromatic carbocycles. The van der Waals surface area contributed by atoms with Crippen LogP contribution in [0.5, 0.6) is 5.88 Å². The molecule has 0 aliphatic rings. The van der Waals surface area contributed by atoms with E-state index in [2.05, 4.69) is 53.7 Å². The topological polar surface area (TPSA) is 161 Å². The number of H-pyrrole nitrogens is 1. The summed E-state index contributed by atoms with van der Waals surface area (Å²) in [5.74, 6) is -0.432. The number of nitrogens with one attached hydrogen (secondary N) is 1. The van der Waals surface area contributed by atoms with Crippen LogP contribution in [0.1, 0.15) is 0 Å². The van der Waals surface area contributed by atoms with E-state index in [0.717, 1.165) is 6.33 Å². The molecule has 0 amide bonds. The molecule has 128 valence electrons. The number of aromatic nitrogens is 4. The Morgan fingerprint density at radius 1 is 1.04 bits per heavy atom. The first kappa shape index (κ1) is 22.0. The lowest BCUT2D eigenvalue weighted by Gasteiger charge is -1.94. The number of rotatable bonds is 0. The summed E-state index contributed by atoms with van der Waals surface area (Å²) in [7, 11) is 0. The minimum absolute atomic E-state index is 0.190. The molecule has 0 aliphatic carbocycles. The van der Waals surface area contributed by atoms with Crippen LogP contribution in [0.2, 0.25) is 10.3 Å². The van der Waals surface area contributed by atoms with Gasteiger partial charge < -0.3 is 21.6 Å². The molecular formula is C8H8Cl5N6O3P. The van der Waals surface area contributed by atoms with Crippen LogP contribution < -0.4 is 17.0 Å². The highest BCUT2D eigenvalue weighted by Gasteiger charge is 2.03. The summed E-state index contributed by atoms with van der Waals surface area (Å²) in [4.78, 5) is 23.1. The molecule has 2 rings (SSSR count). The Morgan fingerprint density at radius 2 is 1.48 bits per heavy atom. The Bertz CT molecular complexity index is 725. The van der Waals surface area contributed by atoms with Gasteiger partial charge in [0.15, 0.2) is 16.0 Å². The van der Waals surface area contributed by atoms with E-state index in [4.69, 9.17) is 39.8 Å². The van der Waals surface area contributed by atoms with Crippen LogP contribution in [0, 0.1) is 0 Å². The van der Waals surface area contributed by atoms with Crippen molar-refractivity contribution in [2.24, 2.45) is 0 Å². The van der Waals surface area contributed by atoms with Crippen molar-refractivity contribution in [2.45, 2.75) is 0 Å². The van der Waals surface area contributed by atoms with Crippen LogP contribution >= 0.6 is 62.1 Å². The van der Waals surface area contributed by atoms with Gasteiger partial charge in [-0.15, -0.1) is 0 Å². The number of nitrogens with two attached hydrogens (primary N) is 2. The Morgan fingerprint density at radius 3 is 1.78 bits per heavy atom. The van der Waals surface area contributed by atoms with Gasteiger partial charge in [-0.1, -0.05) is 23.2 Å². The number of aromatic hydroxyl groups is 1. The summed E-state index contributed by atoms with van der Waals surface area (Å²) in [6.07, 6.45) is 2.33. The van der Waals surface area contributed by atoms with E-state index in [0.29, 0.717) is 0 Å². The number of hydrogen-bond donors (Lipinski definition) is 4.